The molecule has 2 nitrogen and oxygen atoms in total. The van der Waals surface area contributed by atoms with Gasteiger partial charge in [-0.3, -0.25) is 0 Å². The Hall–Kier alpha value is -5.26. The van der Waals surface area contributed by atoms with Gasteiger partial charge < -0.3 is 0 Å². The van der Waals surface area contributed by atoms with E-state index in [1.165, 1.54) is 24.9 Å². The summed E-state index contributed by atoms with van der Waals surface area (Å²) < 4.78 is 4.74. The summed E-state index contributed by atoms with van der Waals surface area (Å²) in [7, 11) is 0. The van der Waals surface area contributed by atoms with Gasteiger partial charge in [-0.1, -0.05) is 91.0 Å². The number of fused-ring (bicyclic) bond motifs is 6. The molecule has 0 bridgehead atoms. The molecular weight excluding hydrogens is 549 g/mol. The predicted molar refractivity (Wildman–Crippen MR) is 178 cm³/mol. The van der Waals surface area contributed by atoms with Gasteiger partial charge in [-0.15, -0.1) is 22.7 Å². The molecule has 0 saturated heterocycles. The molecule has 4 heteroatoms. The van der Waals surface area contributed by atoms with Crippen molar-refractivity contribution in [2.75, 3.05) is 0 Å². The molecule has 0 unspecified atom stereocenters. The van der Waals surface area contributed by atoms with Gasteiger partial charge in [0, 0.05) is 57.0 Å². The zero-order chi connectivity index (χ0) is 28.2. The molecular formula is C38H20N2S2. The molecule has 0 radical (unpaired) electrons. The van der Waals surface area contributed by atoms with Crippen molar-refractivity contribution in [3.05, 3.63) is 132 Å². The second-order valence-corrected chi connectivity index (χ2v) is 12.4. The lowest BCUT2D eigenvalue weighted by Gasteiger charge is -2.18. The number of benzene rings is 6. The van der Waals surface area contributed by atoms with Gasteiger partial charge in [0.1, 0.15) is 12.1 Å². The molecule has 6 aromatic carbocycles. The fourth-order valence-electron chi connectivity index (χ4n) is 6.13. The second-order valence-electron chi connectivity index (χ2n) is 10.3. The summed E-state index contributed by atoms with van der Waals surface area (Å²) in [6, 6.07) is 46.7. The standard InChI is InChI=1S/C38H20N2S2/c39-21-31-29(23-9-2-1-3-10-23)20-30(24-17-18-26-25-11-4-6-14-33(25)42-36(26)19-24)32(22-40)37(31)28-13-8-16-35-38(28)27-12-5-7-15-34(27)41-35/h1-20H. The van der Waals surface area contributed by atoms with E-state index in [9.17, 15) is 10.5 Å². The average Bonchev–Trinajstić information content (AvgIpc) is 3.62. The quantitative estimate of drug-likeness (QED) is 0.213. The molecule has 2 aromatic heterocycles. The minimum absolute atomic E-state index is 0.521. The molecule has 0 aliphatic rings. The highest BCUT2D eigenvalue weighted by atomic mass is 32.1. The third kappa shape index (κ3) is 3.67. The Morgan fingerprint density at radius 2 is 1.02 bits per heavy atom. The summed E-state index contributed by atoms with van der Waals surface area (Å²) in [5.41, 5.74) is 6.24. The van der Waals surface area contributed by atoms with Crippen molar-refractivity contribution in [2.45, 2.75) is 0 Å². The maximum atomic E-state index is 10.8. The van der Waals surface area contributed by atoms with E-state index < -0.39 is 0 Å². The third-order valence-corrected chi connectivity index (χ3v) is 10.3. The normalized spacial score (nSPS) is 11.3. The monoisotopic (exact) mass is 568 g/mol. The van der Waals surface area contributed by atoms with Crippen LogP contribution >= 0.6 is 22.7 Å². The average molecular weight is 569 g/mol. The van der Waals surface area contributed by atoms with E-state index in [-0.39, 0.29) is 0 Å². The van der Waals surface area contributed by atoms with E-state index in [4.69, 9.17) is 0 Å². The molecule has 8 rings (SSSR count). The van der Waals surface area contributed by atoms with Gasteiger partial charge in [0.2, 0.25) is 0 Å². The van der Waals surface area contributed by atoms with Gasteiger partial charge in [0.05, 0.1) is 11.1 Å². The molecule has 8 aromatic rings. The third-order valence-electron chi connectivity index (χ3n) is 8.00. The van der Waals surface area contributed by atoms with Crippen LogP contribution in [0.15, 0.2) is 121 Å². The molecule has 194 valence electrons. The summed E-state index contributed by atoms with van der Waals surface area (Å²) in [6.07, 6.45) is 0. The SMILES string of the molecule is N#Cc1c(-c2ccccc2)cc(-c2ccc3c(c2)sc2ccccc23)c(C#N)c1-c1cccc2sc3ccccc3c12. The first-order valence-electron chi connectivity index (χ1n) is 13.6. The zero-order valence-electron chi connectivity index (χ0n) is 22.3. The molecule has 0 N–H and O–H groups in total. The van der Waals surface area contributed by atoms with Crippen molar-refractivity contribution in [3.8, 4) is 45.5 Å². The first-order chi connectivity index (χ1) is 20.7. The van der Waals surface area contributed by atoms with Crippen molar-refractivity contribution < 1.29 is 0 Å². The summed E-state index contributed by atoms with van der Waals surface area (Å²) in [5, 5.41) is 26.2. The van der Waals surface area contributed by atoms with E-state index in [1.807, 2.05) is 48.5 Å². The fraction of sp³-hybridized carbons (Fsp3) is 0. The van der Waals surface area contributed by atoms with Crippen molar-refractivity contribution in [1.82, 2.24) is 0 Å². The van der Waals surface area contributed by atoms with Crippen LogP contribution in [-0.4, -0.2) is 0 Å². The van der Waals surface area contributed by atoms with Crippen LogP contribution < -0.4 is 0 Å². The van der Waals surface area contributed by atoms with Crippen molar-refractivity contribution >= 4 is 63.0 Å². The van der Waals surface area contributed by atoms with Gasteiger partial charge >= 0.3 is 0 Å². The Morgan fingerprint density at radius 1 is 0.429 bits per heavy atom. The first-order valence-corrected chi connectivity index (χ1v) is 15.3. The molecule has 0 saturated carbocycles. The van der Waals surface area contributed by atoms with E-state index >= 15 is 0 Å². The smallest absolute Gasteiger partial charge is 0.100 e. The van der Waals surface area contributed by atoms with Crippen LogP contribution in [0.1, 0.15) is 11.1 Å². The lowest BCUT2D eigenvalue weighted by molar-refractivity contribution is 1.44. The van der Waals surface area contributed by atoms with E-state index in [0.717, 1.165) is 43.3 Å². The summed E-state index contributed by atoms with van der Waals surface area (Å²) in [6.45, 7) is 0. The Labute approximate surface area is 250 Å². The molecule has 0 aliphatic heterocycles. The van der Waals surface area contributed by atoms with E-state index in [2.05, 4.69) is 84.9 Å². The number of nitrogens with zero attached hydrogens (tertiary/aromatic N) is 2. The minimum atomic E-state index is 0.521. The molecule has 2 heterocycles. The highest BCUT2D eigenvalue weighted by Gasteiger charge is 2.24. The van der Waals surface area contributed by atoms with Gasteiger partial charge in [0.25, 0.3) is 0 Å². The van der Waals surface area contributed by atoms with Crippen LogP contribution in [0.25, 0.3) is 73.7 Å². The molecule has 0 spiro atoms. The highest BCUT2D eigenvalue weighted by molar-refractivity contribution is 7.26. The van der Waals surface area contributed by atoms with Crippen LogP contribution in [-0.2, 0) is 0 Å². The van der Waals surface area contributed by atoms with Crippen molar-refractivity contribution in [1.29, 1.82) is 10.5 Å². The van der Waals surface area contributed by atoms with Crippen LogP contribution in [0.2, 0.25) is 0 Å². The maximum absolute atomic E-state index is 10.8. The topological polar surface area (TPSA) is 47.6 Å². The maximum Gasteiger partial charge on any atom is 0.100 e. The summed E-state index contributed by atoms with van der Waals surface area (Å²) in [5.74, 6) is 0. The van der Waals surface area contributed by atoms with E-state index in [0.29, 0.717) is 16.7 Å². The minimum Gasteiger partial charge on any atom is -0.192 e. The van der Waals surface area contributed by atoms with Gasteiger partial charge in [-0.05, 0) is 47.0 Å². The van der Waals surface area contributed by atoms with Gasteiger partial charge in [-0.2, -0.15) is 10.5 Å². The van der Waals surface area contributed by atoms with Gasteiger partial charge in [-0.25, -0.2) is 0 Å². The number of rotatable bonds is 3. The first kappa shape index (κ1) is 24.5. The molecule has 0 fully saturated rings. The number of nitriles is 2. The predicted octanol–water partition coefficient (Wildman–Crippen LogP) is 11.2. The summed E-state index contributed by atoms with van der Waals surface area (Å²) in [4.78, 5) is 0. The Balaban J connectivity index is 1.51. The fourth-order valence-corrected chi connectivity index (χ4v) is 8.41. The molecule has 42 heavy (non-hydrogen) atoms. The van der Waals surface area contributed by atoms with Crippen molar-refractivity contribution in [3.63, 3.8) is 0 Å². The van der Waals surface area contributed by atoms with Gasteiger partial charge in [0.15, 0.2) is 0 Å². The van der Waals surface area contributed by atoms with Crippen molar-refractivity contribution in [2.24, 2.45) is 0 Å². The molecule has 0 amide bonds. The Kier molecular flexibility index (Phi) is 5.66. The number of hydrogen-bond acceptors (Lipinski definition) is 4. The largest absolute Gasteiger partial charge is 0.192 e. The summed E-state index contributed by atoms with van der Waals surface area (Å²) >= 11 is 3.50. The Morgan fingerprint density at radius 3 is 1.79 bits per heavy atom. The second kappa shape index (κ2) is 9.68. The Bertz CT molecular complexity index is 2430. The van der Waals surface area contributed by atoms with Crippen LogP contribution in [0.5, 0.6) is 0 Å². The molecule has 0 atom stereocenters. The van der Waals surface area contributed by atoms with Crippen LogP contribution in [0, 0.1) is 22.7 Å². The lowest BCUT2D eigenvalue weighted by atomic mass is 9.83. The van der Waals surface area contributed by atoms with E-state index in [1.54, 1.807) is 22.7 Å². The molecule has 0 aliphatic carbocycles. The number of thiophene rings is 2. The van der Waals surface area contributed by atoms with Crippen LogP contribution in [0.3, 0.4) is 0 Å². The lowest BCUT2D eigenvalue weighted by Crippen LogP contribution is -1.98. The highest BCUT2D eigenvalue weighted by Crippen LogP contribution is 2.47. The zero-order valence-corrected chi connectivity index (χ0v) is 23.9. The number of hydrogen-bond donors (Lipinski definition) is 0. The van der Waals surface area contributed by atoms with Crippen LogP contribution in [0.4, 0.5) is 0 Å².